The molecule has 106 valence electrons. The highest BCUT2D eigenvalue weighted by Crippen LogP contribution is 2.28. The second-order valence-electron chi connectivity index (χ2n) is 5.28. The highest BCUT2D eigenvalue weighted by Gasteiger charge is 2.13. The van der Waals surface area contributed by atoms with E-state index in [0.717, 1.165) is 25.8 Å². The summed E-state index contributed by atoms with van der Waals surface area (Å²) in [7, 11) is 0. The summed E-state index contributed by atoms with van der Waals surface area (Å²) >= 11 is 3.64. The van der Waals surface area contributed by atoms with Crippen molar-refractivity contribution in [3.05, 3.63) is 45.4 Å². The summed E-state index contributed by atoms with van der Waals surface area (Å²) in [6, 6.07) is 4.96. The fourth-order valence-electron chi connectivity index (χ4n) is 2.24. The fourth-order valence-corrected chi connectivity index (χ4v) is 2.47. The smallest absolute Gasteiger partial charge is 0.0357 e. The minimum absolute atomic E-state index is 0.387. The molecule has 0 saturated carbocycles. The minimum atomic E-state index is 0.387. The van der Waals surface area contributed by atoms with Crippen molar-refractivity contribution in [1.29, 1.82) is 0 Å². The Morgan fingerprint density at radius 1 is 1.26 bits per heavy atom. The van der Waals surface area contributed by atoms with Crippen molar-refractivity contribution >= 4 is 15.9 Å². The van der Waals surface area contributed by atoms with Gasteiger partial charge in [-0.1, -0.05) is 54.1 Å². The average Bonchev–Trinajstić information content (AvgIpc) is 2.39. The summed E-state index contributed by atoms with van der Waals surface area (Å²) in [5.41, 5.74) is 5.30. The van der Waals surface area contributed by atoms with Crippen LogP contribution >= 0.6 is 15.9 Å². The van der Waals surface area contributed by atoms with Crippen LogP contribution in [0.4, 0.5) is 0 Å². The van der Waals surface area contributed by atoms with Gasteiger partial charge in [0, 0.05) is 10.5 Å². The van der Waals surface area contributed by atoms with Gasteiger partial charge in [-0.2, -0.15) is 0 Å². The highest BCUT2D eigenvalue weighted by molar-refractivity contribution is 9.10. The van der Waals surface area contributed by atoms with Gasteiger partial charge in [-0.05, 0) is 56.3 Å². The molecule has 1 unspecified atom stereocenters. The van der Waals surface area contributed by atoms with Crippen LogP contribution in [0.5, 0.6) is 0 Å². The molecule has 0 aliphatic carbocycles. The molecule has 1 rings (SSSR count). The average molecular weight is 324 g/mol. The quantitative estimate of drug-likeness (QED) is 0.656. The van der Waals surface area contributed by atoms with Gasteiger partial charge in [-0.25, -0.2) is 0 Å². The molecule has 19 heavy (non-hydrogen) atoms. The van der Waals surface area contributed by atoms with Crippen molar-refractivity contribution in [3.63, 3.8) is 0 Å². The van der Waals surface area contributed by atoms with Crippen LogP contribution in [-0.2, 0) is 0 Å². The van der Waals surface area contributed by atoms with E-state index in [-0.39, 0.29) is 0 Å². The van der Waals surface area contributed by atoms with Gasteiger partial charge in [0.25, 0.3) is 0 Å². The molecule has 1 N–H and O–H groups in total. The predicted molar refractivity (Wildman–Crippen MR) is 88.7 cm³/mol. The molecule has 2 heteroatoms. The second-order valence-corrected chi connectivity index (χ2v) is 6.08. The van der Waals surface area contributed by atoms with Crippen molar-refractivity contribution in [2.75, 3.05) is 6.54 Å². The first-order valence-electron chi connectivity index (χ1n) is 7.16. The lowest BCUT2D eigenvalue weighted by molar-refractivity contribution is 0.523. The van der Waals surface area contributed by atoms with E-state index in [2.05, 4.69) is 67.7 Å². The van der Waals surface area contributed by atoms with Gasteiger partial charge < -0.3 is 5.32 Å². The van der Waals surface area contributed by atoms with Gasteiger partial charge in [-0.3, -0.25) is 0 Å². The molecular weight excluding hydrogens is 298 g/mol. The molecule has 0 saturated heterocycles. The number of hydrogen-bond acceptors (Lipinski definition) is 1. The van der Waals surface area contributed by atoms with E-state index < -0.39 is 0 Å². The van der Waals surface area contributed by atoms with E-state index in [4.69, 9.17) is 0 Å². The number of rotatable bonds is 7. The zero-order chi connectivity index (χ0) is 14.4. The summed E-state index contributed by atoms with van der Waals surface area (Å²) in [4.78, 5) is 0. The number of nitrogens with one attached hydrogen (secondary N) is 1. The van der Waals surface area contributed by atoms with Gasteiger partial charge >= 0.3 is 0 Å². The first-order chi connectivity index (χ1) is 8.99. The molecular formula is C17H26BrN. The lowest BCUT2D eigenvalue weighted by Crippen LogP contribution is -2.22. The number of halogens is 1. The van der Waals surface area contributed by atoms with Gasteiger partial charge in [0.15, 0.2) is 0 Å². The van der Waals surface area contributed by atoms with E-state index in [1.807, 2.05) is 0 Å². The van der Waals surface area contributed by atoms with Crippen molar-refractivity contribution in [1.82, 2.24) is 5.32 Å². The fraction of sp³-hybridized carbons (Fsp3) is 0.529. The zero-order valence-electron chi connectivity index (χ0n) is 12.6. The van der Waals surface area contributed by atoms with Crippen LogP contribution in [-0.4, -0.2) is 6.54 Å². The summed E-state index contributed by atoms with van der Waals surface area (Å²) in [6.45, 7) is 13.9. The summed E-state index contributed by atoms with van der Waals surface area (Å²) in [6.07, 6.45) is 3.24. The Hall–Kier alpha value is -0.600. The molecule has 0 aromatic heterocycles. The monoisotopic (exact) mass is 323 g/mol. The molecule has 0 spiro atoms. The molecule has 1 atom stereocenters. The Morgan fingerprint density at radius 3 is 2.32 bits per heavy atom. The lowest BCUT2D eigenvalue weighted by atomic mass is 9.95. The Kier molecular flexibility index (Phi) is 6.81. The normalized spacial score (nSPS) is 12.5. The Labute approximate surface area is 126 Å². The molecule has 1 aromatic rings. The lowest BCUT2D eigenvalue weighted by Gasteiger charge is -2.21. The summed E-state index contributed by atoms with van der Waals surface area (Å²) in [5.74, 6) is 0. The SMILES string of the molecule is C=C(CC)CC(NCCC)c1cc(C)c(Br)c(C)c1. The maximum Gasteiger partial charge on any atom is 0.0357 e. The maximum absolute atomic E-state index is 4.16. The van der Waals surface area contributed by atoms with Crippen molar-refractivity contribution in [2.45, 2.75) is 53.0 Å². The van der Waals surface area contributed by atoms with E-state index >= 15 is 0 Å². The second kappa shape index (κ2) is 7.86. The van der Waals surface area contributed by atoms with Crippen LogP contribution in [0, 0.1) is 13.8 Å². The molecule has 0 fully saturated rings. The van der Waals surface area contributed by atoms with Crippen LogP contribution in [0.2, 0.25) is 0 Å². The number of hydrogen-bond donors (Lipinski definition) is 1. The van der Waals surface area contributed by atoms with Crippen molar-refractivity contribution < 1.29 is 0 Å². The van der Waals surface area contributed by atoms with Crippen LogP contribution < -0.4 is 5.32 Å². The molecule has 0 aliphatic heterocycles. The van der Waals surface area contributed by atoms with Gasteiger partial charge in [-0.15, -0.1) is 0 Å². The molecule has 0 aliphatic rings. The summed E-state index contributed by atoms with van der Waals surface area (Å²) in [5, 5.41) is 3.65. The largest absolute Gasteiger partial charge is 0.310 e. The van der Waals surface area contributed by atoms with Gasteiger partial charge in [0.2, 0.25) is 0 Å². The number of benzene rings is 1. The third-order valence-corrected chi connectivity index (χ3v) is 4.75. The molecule has 0 amide bonds. The molecule has 1 nitrogen and oxygen atoms in total. The maximum atomic E-state index is 4.16. The Morgan fingerprint density at radius 2 is 1.84 bits per heavy atom. The predicted octanol–water partition coefficient (Wildman–Crippen LogP) is 5.46. The molecule has 1 aromatic carbocycles. The van der Waals surface area contributed by atoms with E-state index in [9.17, 15) is 0 Å². The van der Waals surface area contributed by atoms with Crippen LogP contribution in [0.1, 0.15) is 55.8 Å². The van der Waals surface area contributed by atoms with E-state index in [1.54, 1.807) is 0 Å². The Bertz CT molecular complexity index is 414. The molecule has 0 bridgehead atoms. The Balaban J connectivity index is 2.99. The van der Waals surface area contributed by atoms with Crippen LogP contribution in [0.25, 0.3) is 0 Å². The van der Waals surface area contributed by atoms with Crippen LogP contribution in [0.3, 0.4) is 0 Å². The molecule has 0 heterocycles. The minimum Gasteiger partial charge on any atom is -0.310 e. The van der Waals surface area contributed by atoms with E-state index in [0.29, 0.717) is 6.04 Å². The topological polar surface area (TPSA) is 12.0 Å². The van der Waals surface area contributed by atoms with Crippen molar-refractivity contribution in [3.8, 4) is 0 Å². The zero-order valence-corrected chi connectivity index (χ0v) is 14.2. The van der Waals surface area contributed by atoms with Gasteiger partial charge in [0.05, 0.1) is 0 Å². The third kappa shape index (κ3) is 4.77. The molecule has 0 radical (unpaired) electrons. The van der Waals surface area contributed by atoms with Crippen molar-refractivity contribution in [2.24, 2.45) is 0 Å². The van der Waals surface area contributed by atoms with Crippen LogP contribution in [0.15, 0.2) is 28.8 Å². The van der Waals surface area contributed by atoms with E-state index in [1.165, 1.54) is 26.7 Å². The first-order valence-corrected chi connectivity index (χ1v) is 7.95. The standard InChI is InChI=1S/C17H26BrN/c1-6-8-19-16(9-12(3)7-2)15-10-13(4)17(18)14(5)11-15/h10-11,16,19H,3,6-9H2,1-2,4-5H3. The summed E-state index contributed by atoms with van der Waals surface area (Å²) < 4.78 is 1.22. The van der Waals surface area contributed by atoms with Gasteiger partial charge in [0.1, 0.15) is 0 Å². The number of aryl methyl sites for hydroxylation is 2. The highest BCUT2D eigenvalue weighted by atomic mass is 79.9. The first kappa shape index (κ1) is 16.5. The third-order valence-electron chi connectivity index (χ3n) is 3.49.